The standard InChI is InChI=1S/C12H18N2O2S/c1-10-3-2-4-11(7-10)17(15,16)14-9-12(8-13)5-6-12/h2-4,7,14H,5-6,8-9,13H2,1H3. The van der Waals surface area contributed by atoms with Crippen molar-refractivity contribution >= 4 is 10.0 Å². The lowest BCUT2D eigenvalue weighted by atomic mass is 10.1. The van der Waals surface area contributed by atoms with Gasteiger partial charge in [-0.2, -0.15) is 0 Å². The van der Waals surface area contributed by atoms with Gasteiger partial charge >= 0.3 is 0 Å². The first kappa shape index (κ1) is 12.5. The van der Waals surface area contributed by atoms with Gasteiger partial charge in [0.05, 0.1) is 4.90 Å². The van der Waals surface area contributed by atoms with Crippen LogP contribution in [0.1, 0.15) is 18.4 Å². The van der Waals surface area contributed by atoms with E-state index in [9.17, 15) is 8.42 Å². The van der Waals surface area contributed by atoms with Crippen LogP contribution in [-0.4, -0.2) is 21.5 Å². The van der Waals surface area contributed by atoms with Gasteiger partial charge in [0.1, 0.15) is 0 Å². The Hall–Kier alpha value is -0.910. The normalized spacial score (nSPS) is 18.0. The van der Waals surface area contributed by atoms with Crippen LogP contribution in [0.3, 0.4) is 0 Å². The molecule has 0 bridgehead atoms. The Bertz CT molecular complexity index is 507. The summed E-state index contributed by atoms with van der Waals surface area (Å²) in [6.07, 6.45) is 2.03. The largest absolute Gasteiger partial charge is 0.330 e. The molecule has 1 aliphatic carbocycles. The maximum Gasteiger partial charge on any atom is 0.240 e. The zero-order valence-corrected chi connectivity index (χ0v) is 10.8. The monoisotopic (exact) mass is 254 g/mol. The fraction of sp³-hybridized carbons (Fsp3) is 0.500. The second-order valence-electron chi connectivity index (χ2n) is 4.85. The topological polar surface area (TPSA) is 72.2 Å². The number of hydrogen-bond acceptors (Lipinski definition) is 3. The molecular weight excluding hydrogens is 236 g/mol. The average molecular weight is 254 g/mol. The molecule has 1 aromatic carbocycles. The molecule has 1 saturated carbocycles. The molecule has 3 N–H and O–H groups in total. The maximum atomic E-state index is 12.0. The molecule has 0 radical (unpaired) electrons. The summed E-state index contributed by atoms with van der Waals surface area (Å²) in [5.41, 5.74) is 6.57. The van der Waals surface area contributed by atoms with E-state index in [-0.39, 0.29) is 5.41 Å². The van der Waals surface area contributed by atoms with Crippen molar-refractivity contribution in [2.24, 2.45) is 11.1 Å². The van der Waals surface area contributed by atoms with Gasteiger partial charge in [-0.3, -0.25) is 0 Å². The Morgan fingerprint density at radius 3 is 2.65 bits per heavy atom. The van der Waals surface area contributed by atoms with Gasteiger partial charge in [0.2, 0.25) is 10.0 Å². The molecule has 0 amide bonds. The van der Waals surface area contributed by atoms with Crippen molar-refractivity contribution in [3.8, 4) is 0 Å². The zero-order chi connectivity index (χ0) is 12.5. The van der Waals surface area contributed by atoms with E-state index >= 15 is 0 Å². The molecule has 2 rings (SSSR count). The molecule has 4 nitrogen and oxygen atoms in total. The molecule has 94 valence electrons. The molecule has 0 heterocycles. The van der Waals surface area contributed by atoms with Gasteiger partial charge in [-0.05, 0) is 49.4 Å². The van der Waals surface area contributed by atoms with Crippen molar-refractivity contribution in [2.75, 3.05) is 13.1 Å². The highest BCUT2D eigenvalue weighted by atomic mass is 32.2. The minimum Gasteiger partial charge on any atom is -0.330 e. The first-order valence-corrected chi connectivity index (χ1v) is 7.22. The number of nitrogens with two attached hydrogens (primary N) is 1. The van der Waals surface area contributed by atoms with E-state index in [1.54, 1.807) is 18.2 Å². The molecule has 0 aromatic heterocycles. The van der Waals surface area contributed by atoms with Gasteiger partial charge in [0.25, 0.3) is 0 Å². The molecule has 0 aliphatic heterocycles. The predicted molar refractivity (Wildman–Crippen MR) is 67.1 cm³/mol. The summed E-state index contributed by atoms with van der Waals surface area (Å²) >= 11 is 0. The molecule has 0 saturated heterocycles. The summed E-state index contributed by atoms with van der Waals surface area (Å²) in [5.74, 6) is 0. The van der Waals surface area contributed by atoms with Crippen LogP contribution in [0.5, 0.6) is 0 Å². The quantitative estimate of drug-likeness (QED) is 0.823. The number of benzene rings is 1. The van der Waals surface area contributed by atoms with E-state index in [2.05, 4.69) is 4.72 Å². The summed E-state index contributed by atoms with van der Waals surface area (Å²) < 4.78 is 26.7. The predicted octanol–water partition coefficient (Wildman–Crippen LogP) is 1.01. The number of aryl methyl sites for hydroxylation is 1. The fourth-order valence-electron chi connectivity index (χ4n) is 1.74. The Balaban J connectivity index is 2.09. The highest BCUT2D eigenvalue weighted by molar-refractivity contribution is 7.89. The second-order valence-corrected chi connectivity index (χ2v) is 6.61. The highest BCUT2D eigenvalue weighted by Gasteiger charge is 2.41. The SMILES string of the molecule is Cc1cccc(S(=O)(=O)NCC2(CN)CC2)c1. The maximum absolute atomic E-state index is 12.0. The van der Waals surface area contributed by atoms with Crippen LogP contribution in [0.15, 0.2) is 29.2 Å². The lowest BCUT2D eigenvalue weighted by Crippen LogP contribution is -2.33. The molecule has 0 spiro atoms. The van der Waals surface area contributed by atoms with Crippen LogP contribution in [-0.2, 0) is 10.0 Å². The van der Waals surface area contributed by atoms with Crippen molar-refractivity contribution < 1.29 is 8.42 Å². The Morgan fingerprint density at radius 2 is 2.12 bits per heavy atom. The Labute approximate surface area is 102 Å². The van der Waals surface area contributed by atoms with Crippen LogP contribution in [0.25, 0.3) is 0 Å². The van der Waals surface area contributed by atoms with E-state index in [0.717, 1.165) is 18.4 Å². The van der Waals surface area contributed by atoms with Gasteiger partial charge in [0.15, 0.2) is 0 Å². The molecule has 0 atom stereocenters. The number of sulfonamides is 1. The van der Waals surface area contributed by atoms with Gasteiger partial charge in [0, 0.05) is 6.54 Å². The summed E-state index contributed by atoms with van der Waals surface area (Å²) in [5, 5.41) is 0. The summed E-state index contributed by atoms with van der Waals surface area (Å²) in [6, 6.07) is 6.91. The van der Waals surface area contributed by atoms with E-state index in [1.807, 2.05) is 13.0 Å². The van der Waals surface area contributed by atoms with E-state index in [1.165, 1.54) is 0 Å². The van der Waals surface area contributed by atoms with Gasteiger partial charge in [-0.25, -0.2) is 13.1 Å². The minimum atomic E-state index is -3.39. The summed E-state index contributed by atoms with van der Waals surface area (Å²) in [4.78, 5) is 0.324. The Morgan fingerprint density at radius 1 is 1.41 bits per heavy atom. The van der Waals surface area contributed by atoms with Crippen molar-refractivity contribution in [2.45, 2.75) is 24.7 Å². The van der Waals surface area contributed by atoms with E-state index in [4.69, 9.17) is 5.73 Å². The van der Waals surface area contributed by atoms with Crippen LogP contribution < -0.4 is 10.5 Å². The third-order valence-corrected chi connectivity index (χ3v) is 4.73. The summed E-state index contributed by atoms with van der Waals surface area (Å²) in [6.45, 7) is 2.87. The smallest absolute Gasteiger partial charge is 0.240 e. The van der Waals surface area contributed by atoms with Gasteiger partial charge in [-0.1, -0.05) is 12.1 Å². The van der Waals surface area contributed by atoms with Crippen LogP contribution in [0.4, 0.5) is 0 Å². The lowest BCUT2D eigenvalue weighted by molar-refractivity contribution is 0.501. The van der Waals surface area contributed by atoms with Crippen LogP contribution in [0.2, 0.25) is 0 Å². The van der Waals surface area contributed by atoms with E-state index < -0.39 is 10.0 Å². The van der Waals surface area contributed by atoms with Crippen molar-refractivity contribution in [3.63, 3.8) is 0 Å². The first-order valence-electron chi connectivity index (χ1n) is 5.74. The molecule has 1 aliphatic rings. The zero-order valence-electron chi connectivity index (χ0n) is 9.94. The molecular formula is C12H18N2O2S. The van der Waals surface area contributed by atoms with Crippen LogP contribution in [0, 0.1) is 12.3 Å². The van der Waals surface area contributed by atoms with Crippen molar-refractivity contribution in [3.05, 3.63) is 29.8 Å². The molecule has 5 heteroatoms. The third-order valence-electron chi connectivity index (χ3n) is 3.33. The third kappa shape index (κ3) is 2.86. The number of nitrogens with one attached hydrogen (secondary N) is 1. The number of rotatable bonds is 5. The van der Waals surface area contributed by atoms with Crippen molar-refractivity contribution in [1.82, 2.24) is 4.72 Å². The van der Waals surface area contributed by atoms with Crippen LogP contribution >= 0.6 is 0 Å². The van der Waals surface area contributed by atoms with Gasteiger partial charge in [-0.15, -0.1) is 0 Å². The fourth-order valence-corrected chi connectivity index (χ4v) is 3.01. The summed E-state index contributed by atoms with van der Waals surface area (Å²) in [7, 11) is -3.39. The average Bonchev–Trinajstić information content (AvgIpc) is 3.07. The van der Waals surface area contributed by atoms with Crippen molar-refractivity contribution in [1.29, 1.82) is 0 Å². The lowest BCUT2D eigenvalue weighted by Gasteiger charge is -2.13. The van der Waals surface area contributed by atoms with Gasteiger partial charge < -0.3 is 5.73 Å². The first-order chi connectivity index (χ1) is 7.97. The molecule has 1 fully saturated rings. The molecule has 1 aromatic rings. The second kappa shape index (κ2) is 4.40. The van der Waals surface area contributed by atoms with E-state index in [0.29, 0.717) is 18.0 Å². The molecule has 0 unspecified atom stereocenters. The highest BCUT2D eigenvalue weighted by Crippen LogP contribution is 2.43. The number of hydrogen-bond donors (Lipinski definition) is 2. The Kier molecular flexibility index (Phi) is 3.25. The minimum absolute atomic E-state index is 0.0108. The molecule has 17 heavy (non-hydrogen) atoms.